The fourth-order valence-electron chi connectivity index (χ4n) is 0.775. The maximum absolute atomic E-state index is 11.5. The highest BCUT2D eigenvalue weighted by molar-refractivity contribution is 9.13. The zero-order valence-corrected chi connectivity index (χ0v) is 9.80. The van der Waals surface area contributed by atoms with E-state index in [2.05, 4.69) is 42.9 Å². The van der Waals surface area contributed by atoms with Crippen molar-refractivity contribution in [2.75, 3.05) is 0 Å². The molecule has 0 aromatic carbocycles. The van der Waals surface area contributed by atoms with Gasteiger partial charge in [0.2, 0.25) is 0 Å². The van der Waals surface area contributed by atoms with E-state index in [1.807, 2.05) is 0 Å². The summed E-state index contributed by atoms with van der Waals surface area (Å²) in [5.41, 5.74) is -0.176. The molecule has 0 atom stereocenters. The summed E-state index contributed by atoms with van der Waals surface area (Å²) in [5.74, 6) is 2.45. The Labute approximate surface area is 92.4 Å². The van der Waals surface area contributed by atoms with E-state index in [9.17, 15) is 4.79 Å². The maximum atomic E-state index is 11.5. The monoisotopic (exact) mass is 304 g/mol. The van der Waals surface area contributed by atoms with Gasteiger partial charge in [-0.05, 0) is 31.9 Å². The van der Waals surface area contributed by atoms with Crippen LogP contribution in [-0.2, 0) is 6.54 Å². The molecule has 1 aromatic rings. The summed E-state index contributed by atoms with van der Waals surface area (Å²) < 4.78 is 2.45. The normalized spacial score (nSPS) is 9.62. The fourth-order valence-corrected chi connectivity index (χ4v) is 1.34. The number of aryl methyl sites for hydroxylation is 1. The fraction of sp³-hybridized carbons (Fsp3) is 0.250. The van der Waals surface area contributed by atoms with E-state index in [1.165, 1.54) is 4.68 Å². The summed E-state index contributed by atoms with van der Waals surface area (Å²) >= 11 is 6.34. The van der Waals surface area contributed by atoms with E-state index in [1.54, 1.807) is 6.20 Å². The molecule has 3 nitrogen and oxygen atoms in total. The van der Waals surface area contributed by atoms with Crippen LogP contribution in [0.5, 0.6) is 0 Å². The minimum atomic E-state index is -0.176. The highest BCUT2D eigenvalue weighted by atomic mass is 79.9. The number of aromatic nitrogens is 2. The predicted octanol–water partition coefficient (Wildman–Crippen LogP) is 1.79. The first-order valence-corrected chi connectivity index (χ1v) is 5.10. The first kappa shape index (κ1) is 10.5. The average Bonchev–Trinajstić information content (AvgIpc) is 2.13. The molecule has 0 bridgehead atoms. The zero-order valence-electron chi connectivity index (χ0n) is 6.63. The molecule has 0 spiro atoms. The van der Waals surface area contributed by atoms with Crippen LogP contribution in [0.25, 0.3) is 0 Å². The molecule has 0 aliphatic heterocycles. The summed E-state index contributed by atoms with van der Waals surface area (Å²) in [6.07, 6.45) is 7.14. The second kappa shape index (κ2) is 4.58. The van der Waals surface area contributed by atoms with Crippen molar-refractivity contribution in [3.05, 3.63) is 25.5 Å². The Morgan fingerprint density at radius 3 is 2.92 bits per heavy atom. The van der Waals surface area contributed by atoms with Gasteiger partial charge in [0.25, 0.3) is 5.56 Å². The minimum absolute atomic E-state index is 0.176. The van der Waals surface area contributed by atoms with Crippen LogP contribution >= 0.6 is 31.9 Å². The number of halogens is 2. The van der Waals surface area contributed by atoms with Gasteiger partial charge in [-0.15, -0.1) is 12.3 Å². The van der Waals surface area contributed by atoms with Gasteiger partial charge in [0.05, 0.1) is 17.2 Å². The lowest BCUT2D eigenvalue weighted by atomic mass is 10.4. The van der Waals surface area contributed by atoms with Gasteiger partial charge in [-0.2, -0.15) is 5.10 Å². The molecule has 1 rings (SSSR count). The Morgan fingerprint density at radius 2 is 2.31 bits per heavy atom. The number of hydrogen-bond donors (Lipinski definition) is 0. The molecule has 0 N–H and O–H groups in total. The van der Waals surface area contributed by atoms with E-state index in [0.717, 1.165) is 0 Å². The minimum Gasteiger partial charge on any atom is -0.266 e. The Kier molecular flexibility index (Phi) is 3.70. The van der Waals surface area contributed by atoms with E-state index < -0.39 is 0 Å². The SMILES string of the molecule is C#CCCn1ncc(Br)c(Br)c1=O. The molecule has 68 valence electrons. The lowest BCUT2D eigenvalue weighted by Gasteiger charge is -2.02. The summed E-state index contributed by atoms with van der Waals surface area (Å²) in [6.45, 7) is 0.446. The van der Waals surface area contributed by atoms with Crippen LogP contribution in [-0.4, -0.2) is 9.78 Å². The van der Waals surface area contributed by atoms with Gasteiger partial charge >= 0.3 is 0 Å². The number of nitrogens with zero attached hydrogens (tertiary/aromatic N) is 2. The highest BCUT2D eigenvalue weighted by Gasteiger charge is 2.04. The van der Waals surface area contributed by atoms with Crippen molar-refractivity contribution in [3.8, 4) is 12.3 Å². The van der Waals surface area contributed by atoms with Gasteiger partial charge in [0.1, 0.15) is 4.47 Å². The second-order valence-electron chi connectivity index (χ2n) is 2.29. The van der Waals surface area contributed by atoms with Gasteiger partial charge in [-0.3, -0.25) is 4.79 Å². The van der Waals surface area contributed by atoms with E-state index in [4.69, 9.17) is 6.42 Å². The summed E-state index contributed by atoms with van der Waals surface area (Å²) in [7, 11) is 0. The number of terminal acetylenes is 1. The molecule has 13 heavy (non-hydrogen) atoms. The largest absolute Gasteiger partial charge is 0.282 e. The number of rotatable bonds is 2. The molecule has 1 heterocycles. The van der Waals surface area contributed by atoms with E-state index >= 15 is 0 Å². The van der Waals surface area contributed by atoms with Crippen molar-refractivity contribution in [2.24, 2.45) is 0 Å². The van der Waals surface area contributed by atoms with Gasteiger partial charge < -0.3 is 0 Å². The van der Waals surface area contributed by atoms with Gasteiger partial charge in [-0.1, -0.05) is 0 Å². The Balaban J connectivity index is 3.06. The number of hydrogen-bond acceptors (Lipinski definition) is 2. The molecule has 5 heteroatoms. The Bertz CT molecular complexity index is 406. The van der Waals surface area contributed by atoms with Crippen molar-refractivity contribution < 1.29 is 0 Å². The lowest BCUT2D eigenvalue weighted by Crippen LogP contribution is -2.23. The van der Waals surface area contributed by atoms with Crippen LogP contribution in [0.4, 0.5) is 0 Å². The van der Waals surface area contributed by atoms with E-state index in [0.29, 0.717) is 21.9 Å². The van der Waals surface area contributed by atoms with Crippen molar-refractivity contribution in [3.63, 3.8) is 0 Å². The molecular weight excluding hydrogens is 300 g/mol. The van der Waals surface area contributed by atoms with Gasteiger partial charge in [0, 0.05) is 6.42 Å². The molecule has 0 aliphatic carbocycles. The topological polar surface area (TPSA) is 34.9 Å². The standard InChI is InChI=1S/C8H6Br2N2O/c1-2-3-4-12-8(13)7(10)6(9)5-11-12/h1,5H,3-4H2. The van der Waals surface area contributed by atoms with Crippen LogP contribution < -0.4 is 5.56 Å². The van der Waals surface area contributed by atoms with Crippen LogP contribution in [0.1, 0.15) is 6.42 Å². The van der Waals surface area contributed by atoms with Gasteiger partial charge in [-0.25, -0.2) is 4.68 Å². The van der Waals surface area contributed by atoms with Crippen molar-refractivity contribution >= 4 is 31.9 Å². The third-order valence-electron chi connectivity index (χ3n) is 1.41. The summed E-state index contributed by atoms with van der Waals surface area (Å²) in [4.78, 5) is 11.5. The lowest BCUT2D eigenvalue weighted by molar-refractivity contribution is 0.586. The van der Waals surface area contributed by atoms with Crippen molar-refractivity contribution in [1.29, 1.82) is 0 Å². The van der Waals surface area contributed by atoms with Crippen molar-refractivity contribution in [1.82, 2.24) is 9.78 Å². The average molecular weight is 306 g/mol. The molecule has 1 aromatic heterocycles. The van der Waals surface area contributed by atoms with Crippen LogP contribution in [0, 0.1) is 12.3 Å². The van der Waals surface area contributed by atoms with Crippen LogP contribution in [0.2, 0.25) is 0 Å². The highest BCUT2D eigenvalue weighted by Crippen LogP contribution is 2.16. The molecular formula is C8H6Br2N2O. The zero-order chi connectivity index (χ0) is 9.84. The summed E-state index contributed by atoms with van der Waals surface area (Å²) in [5, 5.41) is 3.91. The van der Waals surface area contributed by atoms with E-state index in [-0.39, 0.29) is 5.56 Å². The van der Waals surface area contributed by atoms with Crippen molar-refractivity contribution in [2.45, 2.75) is 13.0 Å². The quantitative estimate of drug-likeness (QED) is 0.781. The Hall–Kier alpha value is -0.600. The second-order valence-corrected chi connectivity index (χ2v) is 3.94. The molecule has 0 saturated heterocycles. The van der Waals surface area contributed by atoms with Crippen LogP contribution in [0.15, 0.2) is 19.9 Å². The first-order chi connectivity index (χ1) is 6.16. The summed E-state index contributed by atoms with van der Waals surface area (Å²) in [6, 6.07) is 0. The third kappa shape index (κ3) is 2.42. The predicted molar refractivity (Wildman–Crippen MR) is 57.3 cm³/mol. The molecule has 0 unspecified atom stereocenters. The molecule has 0 saturated carbocycles. The van der Waals surface area contributed by atoms with Gasteiger partial charge in [0.15, 0.2) is 0 Å². The van der Waals surface area contributed by atoms with Crippen LogP contribution in [0.3, 0.4) is 0 Å². The molecule has 0 fully saturated rings. The molecule has 0 radical (unpaired) electrons. The first-order valence-electron chi connectivity index (χ1n) is 3.51. The Morgan fingerprint density at radius 1 is 1.62 bits per heavy atom. The maximum Gasteiger partial charge on any atom is 0.282 e. The molecule has 0 aliphatic rings. The smallest absolute Gasteiger partial charge is 0.266 e. The third-order valence-corrected chi connectivity index (χ3v) is 3.31. The molecule has 0 amide bonds.